The molecule has 3 aliphatic heterocycles. The number of β-lactam (4-membered cyclic amide) rings is 1. The molecule has 3 unspecified atom stereocenters. The highest BCUT2D eigenvalue weighted by molar-refractivity contribution is 8.01. The third kappa shape index (κ3) is 8.54. The summed E-state index contributed by atoms with van der Waals surface area (Å²) in [7, 11) is -0.743. The van der Waals surface area contributed by atoms with Crippen LogP contribution in [0.5, 0.6) is 11.5 Å². The van der Waals surface area contributed by atoms with Crippen LogP contribution in [0.3, 0.4) is 0 Å². The molecule has 5 atom stereocenters. The van der Waals surface area contributed by atoms with Crippen molar-refractivity contribution in [1.29, 1.82) is 0 Å². The van der Waals surface area contributed by atoms with E-state index in [1.807, 2.05) is 62.4 Å². The average molecular weight is 631 g/mol. The predicted molar refractivity (Wildman–Crippen MR) is 172 cm³/mol. The minimum atomic E-state index is -0.743. The van der Waals surface area contributed by atoms with E-state index >= 15 is 0 Å². The summed E-state index contributed by atoms with van der Waals surface area (Å²) in [6.07, 6.45) is 8.32. The molecule has 2 N–H and O–H groups in total. The van der Waals surface area contributed by atoms with Gasteiger partial charge < -0.3 is 24.8 Å². The van der Waals surface area contributed by atoms with Gasteiger partial charge in [0.15, 0.2) is 11.5 Å². The number of amides is 1. The lowest BCUT2D eigenvalue weighted by Gasteiger charge is -2.41. The molecule has 3 heterocycles. The van der Waals surface area contributed by atoms with Crippen molar-refractivity contribution in [2.75, 3.05) is 12.5 Å². The number of carbonyl (C=O) groups excluding carboxylic acids is 2. The van der Waals surface area contributed by atoms with Crippen molar-refractivity contribution >= 4 is 34.4 Å². The highest BCUT2D eigenvalue weighted by Gasteiger charge is 2.63. The van der Waals surface area contributed by atoms with Gasteiger partial charge in [0.25, 0.3) is 0 Å². The van der Waals surface area contributed by atoms with Crippen LogP contribution < -0.4 is 15.2 Å². The molecule has 2 aromatic carbocycles. The largest absolute Gasteiger partial charge is 0.459 e. The molecule has 43 heavy (non-hydrogen) atoms. The predicted octanol–water partition coefficient (Wildman–Crippen LogP) is 5.57. The zero-order chi connectivity index (χ0) is 31.0. The number of hydrogen-bond acceptors (Lipinski definition) is 8. The van der Waals surface area contributed by atoms with E-state index in [1.165, 1.54) is 37.7 Å². The SMILES string of the molecule is CC1(C)S[C@@H]2C(N)C(=O)N2[C@H]1C(=O)OCc1ccccc1.CCCCCCCCS(=O)C(C)Cc1ccc2c(c1)OCO2. The summed E-state index contributed by atoms with van der Waals surface area (Å²) in [5.41, 5.74) is 7.89. The Morgan fingerprint density at radius 2 is 1.77 bits per heavy atom. The standard InChI is InChI=1S/C18H28O3S.C15H18N2O3S/c1-3-4-5-6-7-8-11-22(19)15(2)12-16-9-10-17-18(13-16)21-14-20-17;1-15(2)11(17-12(18)10(16)13(17)21-15)14(19)20-8-9-6-4-3-5-7-9/h9-10,13,15H,3-8,11-12,14H2,1-2H3;3-7,10-11,13H,8,16H2,1-2H3/t;10?,11-,13+/m.0/s1. The van der Waals surface area contributed by atoms with Crippen LogP contribution in [0.15, 0.2) is 48.5 Å². The fourth-order valence-electron chi connectivity index (χ4n) is 5.55. The Balaban J connectivity index is 0.000000197. The zero-order valence-corrected chi connectivity index (χ0v) is 27.4. The number of esters is 1. The number of hydrogen-bond donors (Lipinski definition) is 1. The summed E-state index contributed by atoms with van der Waals surface area (Å²) in [5, 5.41) is 0.0813. The first-order valence-corrected chi connectivity index (χ1v) is 17.6. The van der Waals surface area contributed by atoms with Gasteiger partial charge in [-0.25, -0.2) is 4.79 Å². The van der Waals surface area contributed by atoms with Crippen molar-refractivity contribution in [2.45, 2.75) is 107 Å². The van der Waals surface area contributed by atoms with Crippen molar-refractivity contribution in [2.24, 2.45) is 5.73 Å². The lowest BCUT2D eigenvalue weighted by atomic mass is 9.96. The van der Waals surface area contributed by atoms with Crippen molar-refractivity contribution in [1.82, 2.24) is 4.90 Å². The Labute approximate surface area is 262 Å². The molecule has 0 spiro atoms. The van der Waals surface area contributed by atoms with Gasteiger partial charge in [-0.05, 0) is 49.9 Å². The Kier molecular flexibility index (Phi) is 12.0. The Bertz CT molecular complexity index is 1260. The number of rotatable bonds is 13. The Hall–Kier alpha value is -2.56. The smallest absolute Gasteiger partial charge is 0.330 e. The highest BCUT2D eigenvalue weighted by Crippen LogP contribution is 2.50. The van der Waals surface area contributed by atoms with Crippen molar-refractivity contribution < 1.29 is 28.0 Å². The number of thioether (sulfide) groups is 1. The number of nitrogens with two attached hydrogens (primary N) is 1. The number of carbonyl (C=O) groups is 2. The van der Waals surface area contributed by atoms with Crippen LogP contribution >= 0.6 is 11.8 Å². The van der Waals surface area contributed by atoms with Crippen molar-refractivity contribution in [3.05, 3.63) is 59.7 Å². The van der Waals surface area contributed by atoms with Crippen LogP contribution in [-0.4, -0.2) is 61.0 Å². The summed E-state index contributed by atoms with van der Waals surface area (Å²) in [6, 6.07) is 14.4. The maximum absolute atomic E-state index is 12.4. The molecule has 2 fully saturated rings. The van der Waals surface area contributed by atoms with Crippen LogP contribution in [0.4, 0.5) is 0 Å². The van der Waals surface area contributed by atoms with Gasteiger partial charge in [-0.2, -0.15) is 0 Å². The first-order valence-electron chi connectivity index (χ1n) is 15.3. The van der Waals surface area contributed by atoms with E-state index in [0.29, 0.717) is 6.79 Å². The third-order valence-electron chi connectivity index (χ3n) is 8.04. The number of nitrogens with zero attached hydrogens (tertiary/aromatic N) is 1. The molecule has 1 amide bonds. The molecule has 0 bridgehead atoms. The minimum absolute atomic E-state index is 0.109. The fraction of sp³-hybridized carbons (Fsp3) is 0.576. The number of fused-ring (bicyclic) bond motifs is 2. The van der Waals surface area contributed by atoms with Crippen LogP contribution in [-0.2, 0) is 38.2 Å². The van der Waals surface area contributed by atoms with Gasteiger partial charge in [0.1, 0.15) is 24.1 Å². The summed E-state index contributed by atoms with van der Waals surface area (Å²) in [4.78, 5) is 25.9. The number of ether oxygens (including phenoxy) is 3. The second-order valence-corrected chi connectivity index (χ2v) is 15.7. The van der Waals surface area contributed by atoms with Gasteiger partial charge in [0.2, 0.25) is 12.7 Å². The molecule has 3 aliphatic rings. The van der Waals surface area contributed by atoms with E-state index in [2.05, 4.69) is 13.8 Å². The maximum Gasteiger partial charge on any atom is 0.330 e. The van der Waals surface area contributed by atoms with Crippen LogP contribution in [0.2, 0.25) is 0 Å². The van der Waals surface area contributed by atoms with Gasteiger partial charge in [0, 0.05) is 26.5 Å². The van der Waals surface area contributed by atoms with E-state index < -0.39 is 22.9 Å². The quantitative estimate of drug-likeness (QED) is 0.174. The summed E-state index contributed by atoms with van der Waals surface area (Å²) >= 11 is 1.57. The maximum atomic E-state index is 12.4. The van der Waals surface area contributed by atoms with Gasteiger partial charge in [-0.3, -0.25) is 9.00 Å². The second-order valence-electron chi connectivity index (χ2n) is 11.9. The van der Waals surface area contributed by atoms with Crippen LogP contribution in [0.1, 0.15) is 77.3 Å². The monoisotopic (exact) mass is 630 g/mol. The number of benzene rings is 2. The van der Waals surface area contributed by atoms with E-state index in [1.54, 1.807) is 16.7 Å². The molecular weight excluding hydrogens is 585 g/mol. The third-order valence-corrected chi connectivity index (χ3v) is 11.4. The lowest BCUT2D eigenvalue weighted by molar-refractivity contribution is -0.163. The molecule has 2 saturated heterocycles. The van der Waals surface area contributed by atoms with E-state index in [-0.39, 0.29) is 33.9 Å². The van der Waals surface area contributed by atoms with Crippen LogP contribution in [0.25, 0.3) is 0 Å². The molecule has 0 aromatic heterocycles. The lowest BCUT2D eigenvalue weighted by Crippen LogP contribution is -2.68. The Morgan fingerprint density at radius 1 is 1.07 bits per heavy atom. The summed E-state index contributed by atoms with van der Waals surface area (Å²) in [6.45, 7) is 8.73. The van der Waals surface area contributed by atoms with E-state index in [0.717, 1.165) is 35.7 Å². The first-order chi connectivity index (χ1) is 20.6. The minimum Gasteiger partial charge on any atom is -0.459 e. The van der Waals surface area contributed by atoms with Gasteiger partial charge in [0.05, 0.1) is 0 Å². The van der Waals surface area contributed by atoms with Crippen LogP contribution in [0, 0.1) is 0 Å². The van der Waals surface area contributed by atoms with E-state index in [9.17, 15) is 13.8 Å². The number of unbranched alkanes of at least 4 members (excludes halogenated alkanes) is 5. The molecular formula is C33H46N2O6S2. The molecule has 5 rings (SSSR count). The Morgan fingerprint density at radius 3 is 2.51 bits per heavy atom. The zero-order valence-electron chi connectivity index (χ0n) is 25.8. The average Bonchev–Trinajstić information content (AvgIpc) is 3.57. The van der Waals surface area contributed by atoms with Crippen molar-refractivity contribution in [3.8, 4) is 11.5 Å². The van der Waals surface area contributed by atoms with Crippen molar-refractivity contribution in [3.63, 3.8) is 0 Å². The fourth-order valence-corrected chi connectivity index (χ4v) is 8.38. The normalized spacial score (nSPS) is 22.6. The van der Waals surface area contributed by atoms with E-state index in [4.69, 9.17) is 19.9 Å². The van der Waals surface area contributed by atoms with Gasteiger partial charge >= 0.3 is 5.97 Å². The molecule has 10 heteroatoms. The molecule has 8 nitrogen and oxygen atoms in total. The summed E-state index contributed by atoms with van der Waals surface area (Å²) < 4.78 is 28.0. The van der Waals surface area contributed by atoms with Gasteiger partial charge in [-0.1, -0.05) is 82.3 Å². The second kappa shape index (κ2) is 15.4. The van der Waals surface area contributed by atoms with Gasteiger partial charge in [-0.15, -0.1) is 11.8 Å². The molecule has 0 saturated carbocycles. The summed E-state index contributed by atoms with van der Waals surface area (Å²) in [5.74, 6) is 1.92. The topological polar surface area (TPSA) is 108 Å². The molecule has 0 aliphatic carbocycles. The molecule has 2 aromatic rings. The molecule has 236 valence electrons. The molecule has 0 radical (unpaired) electrons. The first kappa shape index (κ1) is 33.3. The highest BCUT2D eigenvalue weighted by atomic mass is 32.2.